The molecule has 3 aliphatic rings. The molecule has 1 aliphatic carbocycles. The molecule has 26 heavy (non-hydrogen) atoms. The molecule has 0 bridgehead atoms. The summed E-state index contributed by atoms with van der Waals surface area (Å²) in [6, 6.07) is 0.0894. The van der Waals surface area contributed by atoms with Gasteiger partial charge in [-0.15, -0.1) is 5.10 Å². The quantitative estimate of drug-likeness (QED) is 0.789. The third-order valence-electron chi connectivity index (χ3n) is 5.94. The van der Waals surface area contributed by atoms with Gasteiger partial charge in [0.15, 0.2) is 5.69 Å². The molecule has 144 valence electrons. The maximum absolute atomic E-state index is 12.5. The Morgan fingerprint density at radius 1 is 1.27 bits per heavy atom. The Labute approximate surface area is 154 Å². The maximum Gasteiger partial charge on any atom is 0.273 e. The minimum atomic E-state index is -0.139. The van der Waals surface area contributed by atoms with E-state index < -0.39 is 0 Å². The van der Waals surface area contributed by atoms with Gasteiger partial charge in [0.1, 0.15) is 0 Å². The average molecular weight is 362 g/mol. The van der Waals surface area contributed by atoms with Crippen LogP contribution in [0.5, 0.6) is 0 Å². The highest BCUT2D eigenvalue weighted by atomic mass is 16.5. The van der Waals surface area contributed by atoms with Crippen LogP contribution in [0.4, 0.5) is 0 Å². The molecule has 2 N–H and O–H groups in total. The summed E-state index contributed by atoms with van der Waals surface area (Å²) in [5, 5.41) is 14.6. The summed E-state index contributed by atoms with van der Waals surface area (Å²) in [5.74, 6) is -0.139. The molecule has 2 aliphatic heterocycles. The minimum Gasteiger partial charge on any atom is -0.373 e. The van der Waals surface area contributed by atoms with Gasteiger partial charge in [0.05, 0.1) is 31.0 Å². The van der Waals surface area contributed by atoms with Gasteiger partial charge < -0.3 is 15.4 Å². The van der Waals surface area contributed by atoms with E-state index in [1.165, 1.54) is 19.3 Å². The van der Waals surface area contributed by atoms with Crippen molar-refractivity contribution in [2.24, 2.45) is 0 Å². The van der Waals surface area contributed by atoms with E-state index in [0.717, 1.165) is 58.5 Å². The number of carbonyl (C=O) groups is 1. The lowest BCUT2D eigenvalue weighted by atomic mass is 9.82. The molecule has 1 atom stereocenters. The number of aromatic nitrogens is 3. The fraction of sp³-hybridized carbons (Fsp3) is 0.833. The summed E-state index contributed by atoms with van der Waals surface area (Å²) >= 11 is 0. The van der Waals surface area contributed by atoms with Crippen LogP contribution in [0.1, 0.15) is 49.0 Å². The van der Waals surface area contributed by atoms with Crippen LogP contribution in [0.2, 0.25) is 0 Å². The smallest absolute Gasteiger partial charge is 0.273 e. The molecule has 1 aromatic heterocycles. The Bertz CT molecular complexity index is 607. The van der Waals surface area contributed by atoms with Gasteiger partial charge in [0.2, 0.25) is 0 Å². The van der Waals surface area contributed by atoms with Gasteiger partial charge in [0, 0.05) is 32.7 Å². The van der Waals surface area contributed by atoms with Gasteiger partial charge in [-0.05, 0) is 19.3 Å². The van der Waals surface area contributed by atoms with Crippen molar-refractivity contribution in [1.82, 2.24) is 30.5 Å². The van der Waals surface area contributed by atoms with Crippen LogP contribution in [0.25, 0.3) is 0 Å². The zero-order valence-electron chi connectivity index (χ0n) is 15.5. The first kappa shape index (κ1) is 17.9. The Balaban J connectivity index is 1.25. The number of piperazine rings is 1. The minimum absolute atomic E-state index is 0.0110. The first-order valence-electron chi connectivity index (χ1n) is 10.0. The van der Waals surface area contributed by atoms with E-state index in [9.17, 15) is 4.79 Å². The monoisotopic (exact) mass is 362 g/mol. The summed E-state index contributed by atoms with van der Waals surface area (Å²) in [6.45, 7) is 6.51. The highest BCUT2D eigenvalue weighted by Gasteiger charge is 2.41. The van der Waals surface area contributed by atoms with E-state index >= 15 is 0 Å². The first-order valence-corrected chi connectivity index (χ1v) is 10.0. The molecule has 1 amide bonds. The molecule has 1 spiro atoms. The van der Waals surface area contributed by atoms with E-state index in [1.54, 1.807) is 10.9 Å². The molecular formula is C18H30N6O2. The van der Waals surface area contributed by atoms with E-state index in [1.807, 2.05) is 0 Å². The van der Waals surface area contributed by atoms with Crippen molar-refractivity contribution in [3.05, 3.63) is 11.9 Å². The van der Waals surface area contributed by atoms with Gasteiger partial charge in [-0.25, -0.2) is 0 Å². The van der Waals surface area contributed by atoms with Gasteiger partial charge in [-0.2, -0.15) is 0 Å². The van der Waals surface area contributed by atoms with Crippen LogP contribution in [-0.4, -0.2) is 76.8 Å². The Hall–Kier alpha value is -1.51. The highest BCUT2D eigenvalue weighted by molar-refractivity contribution is 5.92. The predicted molar refractivity (Wildman–Crippen MR) is 97.0 cm³/mol. The van der Waals surface area contributed by atoms with Crippen LogP contribution >= 0.6 is 0 Å². The molecule has 3 heterocycles. The van der Waals surface area contributed by atoms with Gasteiger partial charge >= 0.3 is 0 Å². The molecule has 1 saturated carbocycles. The number of hydrogen-bond donors (Lipinski definition) is 2. The summed E-state index contributed by atoms with van der Waals surface area (Å²) in [4.78, 5) is 14.9. The van der Waals surface area contributed by atoms with Crippen molar-refractivity contribution >= 4 is 5.91 Å². The molecule has 3 fully saturated rings. The fourth-order valence-electron chi connectivity index (χ4n) is 4.43. The lowest BCUT2D eigenvalue weighted by Crippen LogP contribution is -2.44. The second kappa shape index (κ2) is 8.02. The molecule has 1 aromatic rings. The topological polar surface area (TPSA) is 84.3 Å². The van der Waals surface area contributed by atoms with Gasteiger partial charge in [-0.1, -0.05) is 24.5 Å². The average Bonchev–Trinajstić information content (AvgIpc) is 3.29. The standard InChI is InChI=1S/C18H30N6O2/c25-17(20-15-12-18(26-14-15)4-2-1-3-5-18)16-13-24(22-21-16)11-10-23-8-6-19-7-9-23/h13,15,19H,1-12,14H2,(H,20,25)/t15-/m0/s1. The number of nitrogens with zero attached hydrogens (tertiary/aromatic N) is 4. The van der Waals surface area contributed by atoms with Crippen LogP contribution in [0.3, 0.4) is 0 Å². The number of hydrogen-bond acceptors (Lipinski definition) is 6. The summed E-state index contributed by atoms with van der Waals surface area (Å²) in [7, 11) is 0. The van der Waals surface area contributed by atoms with Crippen molar-refractivity contribution in [2.75, 3.05) is 39.3 Å². The fourth-order valence-corrected chi connectivity index (χ4v) is 4.43. The third kappa shape index (κ3) is 4.24. The lowest BCUT2D eigenvalue weighted by molar-refractivity contribution is -0.0246. The SMILES string of the molecule is O=C(N[C@@H]1COC2(CCCCC2)C1)c1cn(CCN2CCNCC2)nn1. The molecule has 0 radical (unpaired) electrons. The number of carbonyl (C=O) groups excluding carboxylic acids is 1. The number of rotatable bonds is 5. The zero-order chi connectivity index (χ0) is 17.8. The van der Waals surface area contributed by atoms with E-state index in [-0.39, 0.29) is 17.6 Å². The van der Waals surface area contributed by atoms with Crippen molar-refractivity contribution in [1.29, 1.82) is 0 Å². The van der Waals surface area contributed by atoms with Crippen molar-refractivity contribution in [3.63, 3.8) is 0 Å². The van der Waals surface area contributed by atoms with Crippen LogP contribution < -0.4 is 10.6 Å². The van der Waals surface area contributed by atoms with Crippen LogP contribution in [-0.2, 0) is 11.3 Å². The Kier molecular flexibility index (Phi) is 5.52. The lowest BCUT2D eigenvalue weighted by Gasteiger charge is -2.32. The number of ether oxygens (including phenoxy) is 1. The molecule has 8 heteroatoms. The van der Waals surface area contributed by atoms with E-state index in [2.05, 4.69) is 25.8 Å². The van der Waals surface area contributed by atoms with Gasteiger partial charge in [-0.3, -0.25) is 14.4 Å². The van der Waals surface area contributed by atoms with Crippen molar-refractivity contribution in [3.8, 4) is 0 Å². The van der Waals surface area contributed by atoms with E-state index in [4.69, 9.17) is 4.74 Å². The predicted octanol–water partition coefficient (Wildman–Crippen LogP) is 0.405. The maximum atomic E-state index is 12.5. The summed E-state index contributed by atoms with van der Waals surface area (Å²) in [6.07, 6.45) is 8.71. The van der Waals surface area contributed by atoms with Crippen molar-refractivity contribution in [2.45, 2.75) is 56.7 Å². The van der Waals surface area contributed by atoms with Gasteiger partial charge in [0.25, 0.3) is 5.91 Å². The molecule has 8 nitrogen and oxygen atoms in total. The summed E-state index contributed by atoms with van der Waals surface area (Å²) < 4.78 is 7.84. The number of amides is 1. The third-order valence-corrected chi connectivity index (χ3v) is 5.94. The second-order valence-corrected chi connectivity index (χ2v) is 7.89. The van der Waals surface area contributed by atoms with Crippen LogP contribution in [0.15, 0.2) is 6.20 Å². The molecular weight excluding hydrogens is 332 g/mol. The Morgan fingerprint density at radius 2 is 2.08 bits per heavy atom. The normalized spacial score (nSPS) is 26.2. The highest BCUT2D eigenvalue weighted by Crippen LogP contribution is 2.39. The number of nitrogens with one attached hydrogen (secondary N) is 2. The van der Waals surface area contributed by atoms with Crippen molar-refractivity contribution < 1.29 is 9.53 Å². The first-order chi connectivity index (χ1) is 12.7. The van der Waals surface area contributed by atoms with Crippen LogP contribution in [0, 0.1) is 0 Å². The second-order valence-electron chi connectivity index (χ2n) is 7.89. The zero-order valence-corrected chi connectivity index (χ0v) is 15.5. The largest absolute Gasteiger partial charge is 0.373 e. The summed E-state index contributed by atoms with van der Waals surface area (Å²) in [5.41, 5.74) is 0.409. The van der Waals surface area contributed by atoms with E-state index in [0.29, 0.717) is 12.3 Å². The Morgan fingerprint density at radius 3 is 2.88 bits per heavy atom. The molecule has 0 unspecified atom stereocenters. The molecule has 2 saturated heterocycles. The molecule has 0 aromatic carbocycles. The molecule has 4 rings (SSSR count).